The summed E-state index contributed by atoms with van der Waals surface area (Å²) < 4.78 is 5.18. The lowest BCUT2D eigenvalue weighted by molar-refractivity contribution is 0.0954. The van der Waals surface area contributed by atoms with Crippen molar-refractivity contribution in [1.29, 1.82) is 0 Å². The van der Waals surface area contributed by atoms with E-state index in [1.807, 2.05) is 29.6 Å². The Hall–Kier alpha value is -1.81. The molecule has 1 aromatic heterocycles. The molecular formula is C16H17NO2S. The van der Waals surface area contributed by atoms with Gasteiger partial charge in [-0.25, -0.2) is 0 Å². The maximum atomic E-state index is 12.0. The highest BCUT2D eigenvalue weighted by molar-refractivity contribution is 7.12. The van der Waals surface area contributed by atoms with Crippen LogP contribution in [0.25, 0.3) is 0 Å². The molecule has 4 heteroatoms. The Kier molecular flexibility index (Phi) is 3.49. The minimum Gasteiger partial charge on any atom is -0.497 e. The Balaban J connectivity index is 1.65. The van der Waals surface area contributed by atoms with Gasteiger partial charge in [-0.1, -0.05) is 18.2 Å². The van der Waals surface area contributed by atoms with Gasteiger partial charge >= 0.3 is 0 Å². The molecule has 1 saturated carbocycles. The van der Waals surface area contributed by atoms with Crippen molar-refractivity contribution >= 4 is 17.2 Å². The lowest BCUT2D eigenvalue weighted by atomic mass is 9.96. The SMILES string of the molecule is COc1ccc(C2(CNC(=O)c3cccs3)CC2)cc1. The average Bonchev–Trinajstić information content (AvgIpc) is 3.08. The van der Waals surface area contributed by atoms with Gasteiger partial charge in [0.2, 0.25) is 0 Å². The molecule has 1 amide bonds. The summed E-state index contributed by atoms with van der Waals surface area (Å²) in [6.45, 7) is 0.704. The Bertz CT molecular complexity index is 585. The fourth-order valence-corrected chi connectivity index (χ4v) is 3.05. The Morgan fingerprint density at radius 2 is 2.05 bits per heavy atom. The zero-order valence-electron chi connectivity index (χ0n) is 11.4. The van der Waals surface area contributed by atoms with Crippen molar-refractivity contribution in [3.8, 4) is 5.75 Å². The van der Waals surface area contributed by atoms with Crippen molar-refractivity contribution in [2.24, 2.45) is 0 Å². The quantitative estimate of drug-likeness (QED) is 0.917. The van der Waals surface area contributed by atoms with Crippen LogP contribution in [0.1, 0.15) is 28.1 Å². The summed E-state index contributed by atoms with van der Waals surface area (Å²) in [6, 6.07) is 11.9. The summed E-state index contributed by atoms with van der Waals surface area (Å²) in [5.74, 6) is 0.895. The Labute approximate surface area is 122 Å². The number of thiophene rings is 1. The summed E-state index contributed by atoms with van der Waals surface area (Å²) in [4.78, 5) is 12.8. The van der Waals surface area contributed by atoms with Gasteiger partial charge in [-0.3, -0.25) is 4.79 Å². The summed E-state index contributed by atoms with van der Waals surface area (Å²) >= 11 is 1.47. The summed E-state index contributed by atoms with van der Waals surface area (Å²) in [7, 11) is 1.67. The smallest absolute Gasteiger partial charge is 0.261 e. The van der Waals surface area contributed by atoms with Crippen molar-refractivity contribution < 1.29 is 9.53 Å². The molecule has 0 radical (unpaired) electrons. The van der Waals surface area contributed by atoms with Crippen LogP contribution in [0.15, 0.2) is 41.8 Å². The van der Waals surface area contributed by atoms with E-state index in [-0.39, 0.29) is 11.3 Å². The molecule has 1 aliphatic rings. The highest BCUT2D eigenvalue weighted by Gasteiger charge is 2.44. The van der Waals surface area contributed by atoms with E-state index in [4.69, 9.17) is 4.74 Å². The van der Waals surface area contributed by atoms with Crippen LogP contribution in [-0.4, -0.2) is 19.6 Å². The van der Waals surface area contributed by atoms with Crippen LogP contribution in [-0.2, 0) is 5.41 Å². The van der Waals surface area contributed by atoms with Crippen molar-refractivity contribution in [2.75, 3.05) is 13.7 Å². The molecule has 3 nitrogen and oxygen atoms in total. The molecule has 0 aliphatic heterocycles. The van der Waals surface area contributed by atoms with Crippen LogP contribution in [0.5, 0.6) is 5.75 Å². The van der Waals surface area contributed by atoms with Crippen LogP contribution in [0.4, 0.5) is 0 Å². The largest absolute Gasteiger partial charge is 0.497 e. The van der Waals surface area contributed by atoms with Gasteiger partial charge in [0, 0.05) is 12.0 Å². The van der Waals surface area contributed by atoms with E-state index in [0.29, 0.717) is 6.54 Å². The van der Waals surface area contributed by atoms with Crippen LogP contribution >= 0.6 is 11.3 Å². The van der Waals surface area contributed by atoms with Crippen LogP contribution in [0.2, 0.25) is 0 Å². The first-order valence-electron chi connectivity index (χ1n) is 6.70. The zero-order valence-corrected chi connectivity index (χ0v) is 12.2. The lowest BCUT2D eigenvalue weighted by Crippen LogP contribution is -2.31. The topological polar surface area (TPSA) is 38.3 Å². The molecule has 0 bridgehead atoms. The number of hydrogen-bond acceptors (Lipinski definition) is 3. The maximum Gasteiger partial charge on any atom is 0.261 e. The molecule has 2 aromatic rings. The number of hydrogen-bond donors (Lipinski definition) is 1. The molecule has 0 spiro atoms. The van der Waals surface area contributed by atoms with Crippen molar-refractivity contribution in [3.05, 3.63) is 52.2 Å². The number of carbonyl (C=O) groups is 1. The van der Waals surface area contributed by atoms with Gasteiger partial charge in [0.1, 0.15) is 5.75 Å². The third kappa shape index (κ3) is 2.56. The molecule has 1 heterocycles. The van der Waals surface area contributed by atoms with E-state index in [9.17, 15) is 4.79 Å². The molecule has 1 N–H and O–H groups in total. The standard InChI is InChI=1S/C16H17NO2S/c1-19-13-6-4-12(5-7-13)16(8-9-16)11-17-15(18)14-3-2-10-20-14/h2-7,10H,8-9,11H2,1H3,(H,17,18). The van der Waals surface area contributed by atoms with E-state index >= 15 is 0 Å². The number of amides is 1. The van der Waals surface area contributed by atoms with Crippen molar-refractivity contribution in [2.45, 2.75) is 18.3 Å². The Morgan fingerprint density at radius 1 is 1.30 bits per heavy atom. The predicted octanol–water partition coefficient (Wildman–Crippen LogP) is 3.22. The second-order valence-electron chi connectivity index (χ2n) is 5.17. The van der Waals surface area contributed by atoms with E-state index in [1.54, 1.807) is 7.11 Å². The molecular weight excluding hydrogens is 270 g/mol. The molecule has 1 fully saturated rings. The molecule has 3 rings (SSSR count). The number of carbonyl (C=O) groups excluding carboxylic acids is 1. The maximum absolute atomic E-state index is 12.0. The van der Waals surface area contributed by atoms with Crippen molar-refractivity contribution in [1.82, 2.24) is 5.32 Å². The van der Waals surface area contributed by atoms with Gasteiger partial charge < -0.3 is 10.1 Å². The summed E-state index contributed by atoms with van der Waals surface area (Å²) in [5, 5.41) is 4.98. The Morgan fingerprint density at radius 3 is 2.60 bits per heavy atom. The van der Waals surface area contributed by atoms with Gasteiger partial charge in [0.05, 0.1) is 12.0 Å². The molecule has 0 saturated heterocycles. The number of nitrogens with one attached hydrogen (secondary N) is 1. The first kappa shape index (κ1) is 13.2. The minimum absolute atomic E-state index is 0.0276. The van der Waals surface area contributed by atoms with E-state index in [2.05, 4.69) is 17.4 Å². The van der Waals surface area contributed by atoms with Gasteiger partial charge in [-0.15, -0.1) is 11.3 Å². The first-order valence-corrected chi connectivity index (χ1v) is 7.58. The number of benzene rings is 1. The van der Waals surface area contributed by atoms with Gasteiger partial charge in [-0.2, -0.15) is 0 Å². The number of ether oxygens (including phenoxy) is 1. The van der Waals surface area contributed by atoms with Gasteiger partial charge in [-0.05, 0) is 42.0 Å². The highest BCUT2D eigenvalue weighted by Crippen LogP contribution is 2.47. The highest BCUT2D eigenvalue weighted by atomic mass is 32.1. The zero-order chi connectivity index (χ0) is 14.0. The lowest BCUT2D eigenvalue weighted by Gasteiger charge is -2.16. The second-order valence-corrected chi connectivity index (χ2v) is 6.12. The van der Waals surface area contributed by atoms with E-state index in [1.165, 1.54) is 16.9 Å². The minimum atomic E-state index is 0.0276. The molecule has 1 aromatic carbocycles. The fraction of sp³-hybridized carbons (Fsp3) is 0.312. The third-order valence-corrected chi connectivity index (χ3v) is 4.76. The summed E-state index contributed by atoms with van der Waals surface area (Å²) in [5.41, 5.74) is 1.41. The normalized spacial score (nSPS) is 15.7. The summed E-state index contributed by atoms with van der Waals surface area (Å²) in [6.07, 6.45) is 2.26. The average molecular weight is 287 g/mol. The van der Waals surface area contributed by atoms with E-state index < -0.39 is 0 Å². The molecule has 1 aliphatic carbocycles. The second kappa shape index (κ2) is 5.29. The first-order chi connectivity index (χ1) is 9.73. The fourth-order valence-electron chi connectivity index (χ4n) is 2.41. The third-order valence-electron chi connectivity index (χ3n) is 3.89. The number of methoxy groups -OCH3 is 1. The van der Waals surface area contributed by atoms with Crippen LogP contribution in [0, 0.1) is 0 Å². The van der Waals surface area contributed by atoms with Gasteiger partial charge in [0.15, 0.2) is 0 Å². The monoisotopic (exact) mass is 287 g/mol. The molecule has 0 unspecified atom stereocenters. The van der Waals surface area contributed by atoms with Crippen LogP contribution < -0.4 is 10.1 Å². The molecule has 104 valence electrons. The van der Waals surface area contributed by atoms with E-state index in [0.717, 1.165) is 23.5 Å². The van der Waals surface area contributed by atoms with Gasteiger partial charge in [0.25, 0.3) is 5.91 Å². The van der Waals surface area contributed by atoms with Crippen molar-refractivity contribution in [3.63, 3.8) is 0 Å². The molecule has 20 heavy (non-hydrogen) atoms. The number of rotatable bonds is 5. The van der Waals surface area contributed by atoms with Crippen LogP contribution in [0.3, 0.4) is 0 Å². The predicted molar refractivity (Wildman–Crippen MR) is 80.6 cm³/mol. The molecule has 0 atom stereocenters.